The number of hydrogen-bond acceptors (Lipinski definition) is 8. The molecular formula is C19H22N4O3S2. The molecule has 1 N–H and O–H groups in total. The van der Waals surface area contributed by atoms with Gasteiger partial charge in [0.2, 0.25) is 5.91 Å². The zero-order chi connectivity index (χ0) is 19.8. The van der Waals surface area contributed by atoms with Crippen LogP contribution in [0.15, 0.2) is 41.7 Å². The molecule has 0 spiro atoms. The van der Waals surface area contributed by atoms with Gasteiger partial charge in [0.05, 0.1) is 23.6 Å². The zero-order valence-corrected chi connectivity index (χ0v) is 17.2. The molecule has 9 heteroatoms. The van der Waals surface area contributed by atoms with Gasteiger partial charge in [-0.15, -0.1) is 0 Å². The van der Waals surface area contributed by atoms with Crippen LogP contribution in [-0.2, 0) is 9.53 Å². The number of esters is 1. The number of carbonyl (C=O) groups excluding carboxylic acids is 2. The average Bonchev–Trinajstić information content (AvgIpc) is 2.73. The van der Waals surface area contributed by atoms with E-state index in [1.54, 1.807) is 43.6 Å². The van der Waals surface area contributed by atoms with Gasteiger partial charge in [0.1, 0.15) is 5.03 Å². The number of rotatable bonds is 7. The van der Waals surface area contributed by atoms with Gasteiger partial charge in [-0.2, -0.15) is 11.8 Å². The number of anilines is 2. The molecule has 1 aliphatic rings. The van der Waals surface area contributed by atoms with Crippen LogP contribution in [0, 0.1) is 0 Å². The number of para-hydroxylation sites is 1. The maximum absolute atomic E-state index is 12.5. The van der Waals surface area contributed by atoms with E-state index in [1.807, 2.05) is 11.8 Å². The minimum Gasteiger partial charge on any atom is -0.462 e. The van der Waals surface area contributed by atoms with Gasteiger partial charge in [-0.3, -0.25) is 4.79 Å². The lowest BCUT2D eigenvalue weighted by Gasteiger charge is -2.28. The first-order valence-electron chi connectivity index (χ1n) is 9.01. The highest BCUT2D eigenvalue weighted by atomic mass is 32.2. The molecule has 1 saturated heterocycles. The number of aromatic nitrogens is 2. The number of ether oxygens (including phenoxy) is 1. The summed E-state index contributed by atoms with van der Waals surface area (Å²) >= 11 is 3.27. The van der Waals surface area contributed by atoms with Crippen molar-refractivity contribution in [3.63, 3.8) is 0 Å². The van der Waals surface area contributed by atoms with Crippen molar-refractivity contribution in [2.24, 2.45) is 0 Å². The standard InChI is InChI=1S/C19H22N4O3S2/c1-2-26-19(25)14-5-3-4-6-15(14)22-16(24)13-28-18-17(20-7-8-21-18)23-9-11-27-12-10-23/h3-8H,2,9-13H2,1H3,(H,22,24). The van der Waals surface area contributed by atoms with E-state index in [0.29, 0.717) is 11.3 Å². The van der Waals surface area contributed by atoms with Gasteiger partial charge in [-0.1, -0.05) is 23.9 Å². The van der Waals surface area contributed by atoms with Crippen LogP contribution < -0.4 is 10.2 Å². The van der Waals surface area contributed by atoms with Crippen LogP contribution in [0.1, 0.15) is 17.3 Å². The van der Waals surface area contributed by atoms with Crippen molar-refractivity contribution >= 4 is 46.9 Å². The summed E-state index contributed by atoms with van der Waals surface area (Å²) in [5.74, 6) is 2.45. The molecule has 0 saturated carbocycles. The monoisotopic (exact) mass is 418 g/mol. The Kier molecular flexibility index (Phi) is 7.55. The maximum atomic E-state index is 12.5. The predicted octanol–water partition coefficient (Wildman–Crippen LogP) is 2.94. The molecule has 7 nitrogen and oxygen atoms in total. The Bertz CT molecular complexity index is 828. The molecule has 1 aromatic heterocycles. The highest BCUT2D eigenvalue weighted by molar-refractivity contribution is 8.00. The van der Waals surface area contributed by atoms with Gasteiger partial charge in [-0.05, 0) is 19.1 Å². The Labute approximate surface area is 172 Å². The third-order valence-corrected chi connectivity index (χ3v) is 5.90. The molecule has 1 aliphatic heterocycles. The number of thioether (sulfide) groups is 2. The summed E-state index contributed by atoms with van der Waals surface area (Å²) < 4.78 is 5.04. The highest BCUT2D eigenvalue weighted by Gasteiger charge is 2.19. The first-order chi connectivity index (χ1) is 13.7. The van der Waals surface area contributed by atoms with E-state index in [1.165, 1.54) is 11.8 Å². The Morgan fingerprint density at radius 3 is 2.75 bits per heavy atom. The van der Waals surface area contributed by atoms with Gasteiger partial charge >= 0.3 is 5.97 Å². The Morgan fingerprint density at radius 2 is 1.96 bits per heavy atom. The van der Waals surface area contributed by atoms with Crippen LogP contribution in [0.4, 0.5) is 11.5 Å². The van der Waals surface area contributed by atoms with Gasteiger partial charge in [-0.25, -0.2) is 14.8 Å². The molecule has 28 heavy (non-hydrogen) atoms. The molecule has 2 heterocycles. The number of hydrogen-bond donors (Lipinski definition) is 1. The minimum atomic E-state index is -0.453. The van der Waals surface area contributed by atoms with E-state index in [9.17, 15) is 9.59 Å². The summed E-state index contributed by atoms with van der Waals surface area (Å²) in [5.41, 5.74) is 0.785. The van der Waals surface area contributed by atoms with E-state index < -0.39 is 5.97 Å². The molecule has 0 unspecified atom stereocenters. The Morgan fingerprint density at radius 1 is 1.21 bits per heavy atom. The minimum absolute atomic E-state index is 0.172. The van der Waals surface area contributed by atoms with E-state index in [4.69, 9.17) is 4.74 Å². The summed E-state index contributed by atoms with van der Waals surface area (Å²) in [7, 11) is 0. The molecule has 0 radical (unpaired) electrons. The van der Waals surface area contributed by atoms with Crippen molar-refractivity contribution in [3.05, 3.63) is 42.2 Å². The maximum Gasteiger partial charge on any atom is 0.340 e. The van der Waals surface area contributed by atoms with Crippen molar-refractivity contribution < 1.29 is 14.3 Å². The molecule has 148 valence electrons. The quantitative estimate of drug-likeness (QED) is 0.543. The lowest BCUT2D eigenvalue weighted by atomic mass is 10.2. The molecule has 0 atom stereocenters. The molecular weight excluding hydrogens is 396 g/mol. The van der Waals surface area contributed by atoms with Crippen molar-refractivity contribution in [1.82, 2.24) is 9.97 Å². The number of carbonyl (C=O) groups is 2. The van der Waals surface area contributed by atoms with Crippen molar-refractivity contribution in [2.75, 3.05) is 47.2 Å². The largest absolute Gasteiger partial charge is 0.462 e. The van der Waals surface area contributed by atoms with Crippen LogP contribution in [0.2, 0.25) is 0 Å². The average molecular weight is 419 g/mol. The number of benzene rings is 1. The summed E-state index contributed by atoms with van der Waals surface area (Å²) in [6, 6.07) is 6.82. The van der Waals surface area contributed by atoms with Crippen LogP contribution in [0.3, 0.4) is 0 Å². The highest BCUT2D eigenvalue weighted by Crippen LogP contribution is 2.28. The van der Waals surface area contributed by atoms with Crippen LogP contribution in [0.5, 0.6) is 0 Å². The van der Waals surface area contributed by atoms with E-state index in [2.05, 4.69) is 20.2 Å². The number of nitrogens with one attached hydrogen (secondary N) is 1. The molecule has 2 aromatic rings. The second-order valence-electron chi connectivity index (χ2n) is 5.89. The number of nitrogens with zero attached hydrogens (tertiary/aromatic N) is 3. The van der Waals surface area contributed by atoms with Gasteiger partial charge in [0.15, 0.2) is 5.82 Å². The lowest BCUT2D eigenvalue weighted by Crippen LogP contribution is -2.33. The smallest absolute Gasteiger partial charge is 0.340 e. The normalized spacial score (nSPS) is 13.8. The first kappa shape index (κ1) is 20.5. The molecule has 1 amide bonds. The lowest BCUT2D eigenvalue weighted by molar-refractivity contribution is -0.113. The fourth-order valence-corrected chi connectivity index (χ4v) is 4.40. The summed E-state index contributed by atoms with van der Waals surface area (Å²) in [5, 5.41) is 3.53. The molecule has 1 aromatic carbocycles. The van der Waals surface area contributed by atoms with Crippen molar-refractivity contribution in [2.45, 2.75) is 11.9 Å². The zero-order valence-electron chi connectivity index (χ0n) is 15.6. The second kappa shape index (κ2) is 10.3. The molecule has 1 fully saturated rings. The molecule has 0 bridgehead atoms. The topological polar surface area (TPSA) is 84.4 Å². The third-order valence-electron chi connectivity index (χ3n) is 3.99. The fraction of sp³-hybridized carbons (Fsp3) is 0.368. The van der Waals surface area contributed by atoms with Crippen LogP contribution in [-0.4, -0.2) is 58.8 Å². The van der Waals surface area contributed by atoms with Crippen LogP contribution in [0.25, 0.3) is 0 Å². The summed E-state index contributed by atoms with van der Waals surface area (Å²) in [6.07, 6.45) is 3.31. The number of amides is 1. The van der Waals surface area contributed by atoms with E-state index in [0.717, 1.165) is 35.4 Å². The predicted molar refractivity (Wildman–Crippen MR) is 113 cm³/mol. The Balaban J connectivity index is 1.64. The molecule has 0 aliphatic carbocycles. The SMILES string of the molecule is CCOC(=O)c1ccccc1NC(=O)CSc1nccnc1N1CCSCC1. The summed E-state index contributed by atoms with van der Waals surface area (Å²) in [6.45, 7) is 3.88. The van der Waals surface area contributed by atoms with Gasteiger partial charge < -0.3 is 15.0 Å². The molecule has 3 rings (SSSR count). The van der Waals surface area contributed by atoms with E-state index >= 15 is 0 Å². The fourth-order valence-electron chi connectivity index (χ4n) is 2.71. The second-order valence-corrected chi connectivity index (χ2v) is 8.08. The summed E-state index contributed by atoms with van der Waals surface area (Å²) in [4.78, 5) is 35.6. The Hall–Kier alpha value is -2.26. The van der Waals surface area contributed by atoms with E-state index in [-0.39, 0.29) is 18.3 Å². The van der Waals surface area contributed by atoms with Crippen LogP contribution >= 0.6 is 23.5 Å². The van der Waals surface area contributed by atoms with Crippen molar-refractivity contribution in [3.8, 4) is 0 Å². The van der Waals surface area contributed by atoms with Gasteiger partial charge in [0.25, 0.3) is 0 Å². The first-order valence-corrected chi connectivity index (χ1v) is 11.2. The third kappa shape index (κ3) is 5.39. The van der Waals surface area contributed by atoms with Crippen molar-refractivity contribution in [1.29, 1.82) is 0 Å². The van der Waals surface area contributed by atoms with Gasteiger partial charge in [0, 0.05) is 37.0 Å².